The van der Waals surface area contributed by atoms with Crippen molar-refractivity contribution >= 4 is 0 Å². The summed E-state index contributed by atoms with van der Waals surface area (Å²) in [5.41, 5.74) is 4.49. The first-order chi connectivity index (χ1) is 6.54. The number of alkyl halides is 3. The molecule has 14 heavy (non-hydrogen) atoms. The van der Waals surface area contributed by atoms with Crippen molar-refractivity contribution in [3.8, 4) is 5.75 Å². The predicted octanol–water partition coefficient (Wildman–Crippen LogP) is 2.04. The smallest absolute Gasteiger partial charge is 0.416 e. The molecule has 0 heterocycles. The van der Waals surface area contributed by atoms with Crippen molar-refractivity contribution < 1.29 is 17.9 Å². The van der Waals surface area contributed by atoms with Gasteiger partial charge in [0.15, 0.2) is 0 Å². The quantitative estimate of drug-likeness (QED) is 0.819. The summed E-state index contributed by atoms with van der Waals surface area (Å²) in [4.78, 5) is 0. The third kappa shape index (κ3) is 2.92. The number of hydrogen-bond acceptors (Lipinski definition) is 2. The number of benzene rings is 1. The van der Waals surface area contributed by atoms with Gasteiger partial charge in [0.05, 0.1) is 5.56 Å². The van der Waals surface area contributed by atoms with Crippen LogP contribution in [0.25, 0.3) is 0 Å². The molecule has 0 aliphatic heterocycles. The summed E-state index contributed by atoms with van der Waals surface area (Å²) in [6.07, 6.45) is -4.30. The molecule has 1 aromatic carbocycles. The second-order valence-electron chi connectivity index (χ2n) is 2.66. The first-order valence-corrected chi connectivity index (χ1v) is 4.04. The van der Waals surface area contributed by atoms with Gasteiger partial charge in [-0.05, 0) is 24.3 Å². The van der Waals surface area contributed by atoms with E-state index in [9.17, 15) is 13.2 Å². The van der Waals surface area contributed by atoms with Gasteiger partial charge in [-0.1, -0.05) is 0 Å². The molecule has 0 saturated heterocycles. The molecular weight excluding hydrogens is 195 g/mol. The van der Waals surface area contributed by atoms with E-state index in [0.29, 0.717) is 18.9 Å². The van der Waals surface area contributed by atoms with Crippen LogP contribution in [0.15, 0.2) is 24.3 Å². The van der Waals surface area contributed by atoms with E-state index in [0.717, 1.165) is 12.1 Å². The molecule has 0 atom stereocenters. The number of ether oxygens (including phenoxy) is 1. The number of halogens is 3. The number of rotatable bonds is 3. The Morgan fingerprint density at radius 3 is 2.14 bits per heavy atom. The van der Waals surface area contributed by atoms with Crippen molar-refractivity contribution in [2.24, 2.45) is 5.73 Å². The monoisotopic (exact) mass is 205 g/mol. The average molecular weight is 205 g/mol. The molecule has 2 N–H and O–H groups in total. The van der Waals surface area contributed by atoms with E-state index in [2.05, 4.69) is 0 Å². The molecule has 0 fully saturated rings. The van der Waals surface area contributed by atoms with Gasteiger partial charge >= 0.3 is 6.18 Å². The molecule has 0 amide bonds. The molecule has 5 heteroatoms. The fourth-order valence-electron chi connectivity index (χ4n) is 0.917. The number of nitrogens with two attached hydrogens (primary N) is 1. The van der Waals surface area contributed by atoms with Crippen LogP contribution in [-0.4, -0.2) is 13.2 Å². The normalized spacial score (nSPS) is 11.4. The van der Waals surface area contributed by atoms with Gasteiger partial charge in [0.25, 0.3) is 0 Å². The van der Waals surface area contributed by atoms with E-state index in [4.69, 9.17) is 10.5 Å². The Bertz CT molecular complexity index is 281. The maximum absolute atomic E-state index is 12.1. The molecule has 0 radical (unpaired) electrons. The zero-order valence-electron chi connectivity index (χ0n) is 7.34. The minimum Gasteiger partial charge on any atom is -0.492 e. The molecule has 0 aliphatic rings. The Labute approximate surface area is 79.5 Å². The molecule has 0 bridgehead atoms. The van der Waals surface area contributed by atoms with Gasteiger partial charge in [0, 0.05) is 6.54 Å². The molecular formula is C9H10F3NO. The Hall–Kier alpha value is -1.23. The maximum Gasteiger partial charge on any atom is 0.416 e. The second kappa shape index (κ2) is 4.32. The first-order valence-electron chi connectivity index (χ1n) is 4.04. The predicted molar refractivity (Wildman–Crippen MR) is 46.0 cm³/mol. The molecule has 1 rings (SSSR count). The van der Waals surface area contributed by atoms with Crippen LogP contribution < -0.4 is 10.5 Å². The summed E-state index contributed by atoms with van der Waals surface area (Å²) in [5, 5.41) is 0. The molecule has 0 spiro atoms. The van der Waals surface area contributed by atoms with Crippen LogP contribution in [-0.2, 0) is 6.18 Å². The van der Waals surface area contributed by atoms with Crippen molar-refractivity contribution in [1.82, 2.24) is 0 Å². The summed E-state index contributed by atoms with van der Waals surface area (Å²) >= 11 is 0. The van der Waals surface area contributed by atoms with Gasteiger partial charge in [0.2, 0.25) is 0 Å². The average Bonchev–Trinajstić information content (AvgIpc) is 2.14. The Morgan fingerprint density at radius 1 is 1.14 bits per heavy atom. The highest BCUT2D eigenvalue weighted by atomic mass is 19.4. The topological polar surface area (TPSA) is 35.2 Å². The van der Waals surface area contributed by atoms with Gasteiger partial charge in [-0.15, -0.1) is 0 Å². The van der Waals surface area contributed by atoms with E-state index in [1.165, 1.54) is 12.1 Å². The van der Waals surface area contributed by atoms with Crippen molar-refractivity contribution in [3.05, 3.63) is 29.8 Å². The summed E-state index contributed by atoms with van der Waals surface area (Å²) < 4.78 is 41.4. The van der Waals surface area contributed by atoms with Gasteiger partial charge < -0.3 is 10.5 Å². The highest BCUT2D eigenvalue weighted by Gasteiger charge is 2.29. The van der Waals surface area contributed by atoms with Crippen LogP contribution >= 0.6 is 0 Å². The van der Waals surface area contributed by atoms with E-state index >= 15 is 0 Å². The molecule has 0 aromatic heterocycles. The van der Waals surface area contributed by atoms with Crippen LogP contribution in [0.2, 0.25) is 0 Å². The van der Waals surface area contributed by atoms with Crippen LogP contribution in [0.3, 0.4) is 0 Å². The standard InChI is InChI=1S/C9H10F3NO/c10-9(11,12)7-1-3-8(4-2-7)14-6-5-13/h1-4H,5-6,13H2. The second-order valence-corrected chi connectivity index (χ2v) is 2.66. The third-order valence-corrected chi connectivity index (χ3v) is 1.57. The Balaban J connectivity index is 2.69. The molecule has 2 nitrogen and oxygen atoms in total. The lowest BCUT2D eigenvalue weighted by molar-refractivity contribution is -0.137. The van der Waals surface area contributed by atoms with Gasteiger partial charge in [0.1, 0.15) is 12.4 Å². The molecule has 0 aliphatic carbocycles. The SMILES string of the molecule is NCCOc1ccc(C(F)(F)F)cc1. The van der Waals surface area contributed by atoms with E-state index in [-0.39, 0.29) is 0 Å². The van der Waals surface area contributed by atoms with E-state index in [1.807, 2.05) is 0 Å². The van der Waals surface area contributed by atoms with E-state index in [1.54, 1.807) is 0 Å². The van der Waals surface area contributed by atoms with Crippen molar-refractivity contribution in [2.45, 2.75) is 6.18 Å². The zero-order valence-corrected chi connectivity index (χ0v) is 7.34. The van der Waals surface area contributed by atoms with Crippen LogP contribution in [0.4, 0.5) is 13.2 Å². The minimum absolute atomic E-state index is 0.297. The maximum atomic E-state index is 12.1. The Morgan fingerprint density at radius 2 is 1.71 bits per heavy atom. The Kier molecular flexibility index (Phi) is 3.35. The van der Waals surface area contributed by atoms with Gasteiger partial charge in [-0.2, -0.15) is 13.2 Å². The number of hydrogen-bond donors (Lipinski definition) is 1. The highest BCUT2D eigenvalue weighted by molar-refractivity contribution is 5.28. The third-order valence-electron chi connectivity index (χ3n) is 1.57. The van der Waals surface area contributed by atoms with Crippen molar-refractivity contribution in [2.75, 3.05) is 13.2 Å². The molecule has 1 aromatic rings. The zero-order chi connectivity index (χ0) is 10.6. The largest absolute Gasteiger partial charge is 0.492 e. The van der Waals surface area contributed by atoms with Crippen LogP contribution in [0, 0.1) is 0 Å². The summed E-state index contributed by atoms with van der Waals surface area (Å²) in [6, 6.07) is 4.51. The molecule has 0 unspecified atom stereocenters. The fraction of sp³-hybridized carbons (Fsp3) is 0.333. The molecule has 0 saturated carbocycles. The van der Waals surface area contributed by atoms with Crippen LogP contribution in [0.1, 0.15) is 5.56 Å². The lowest BCUT2D eigenvalue weighted by atomic mass is 10.2. The fourth-order valence-corrected chi connectivity index (χ4v) is 0.917. The van der Waals surface area contributed by atoms with Gasteiger partial charge in [-0.25, -0.2) is 0 Å². The van der Waals surface area contributed by atoms with Crippen LogP contribution in [0.5, 0.6) is 5.75 Å². The summed E-state index contributed by atoms with van der Waals surface area (Å²) in [7, 11) is 0. The van der Waals surface area contributed by atoms with E-state index < -0.39 is 11.7 Å². The summed E-state index contributed by atoms with van der Waals surface area (Å²) in [6.45, 7) is 0.631. The highest BCUT2D eigenvalue weighted by Crippen LogP contribution is 2.30. The van der Waals surface area contributed by atoms with Crippen molar-refractivity contribution in [3.63, 3.8) is 0 Å². The lowest BCUT2D eigenvalue weighted by Gasteiger charge is -2.08. The minimum atomic E-state index is -4.30. The molecule has 78 valence electrons. The van der Waals surface area contributed by atoms with Gasteiger partial charge in [-0.3, -0.25) is 0 Å². The summed E-state index contributed by atoms with van der Waals surface area (Å²) in [5.74, 6) is 0.392. The first kappa shape index (κ1) is 10.8. The lowest BCUT2D eigenvalue weighted by Crippen LogP contribution is -2.10. The van der Waals surface area contributed by atoms with Crippen molar-refractivity contribution in [1.29, 1.82) is 0 Å².